The van der Waals surface area contributed by atoms with Gasteiger partial charge < -0.3 is 24.6 Å². The van der Waals surface area contributed by atoms with Crippen LogP contribution in [-0.2, 0) is 10.2 Å². The number of nitrogens with zero attached hydrogens (tertiary/aromatic N) is 3. The highest BCUT2D eigenvalue weighted by molar-refractivity contribution is 5.94. The smallest absolute Gasteiger partial charge is 0.273 e. The number of pyridine rings is 1. The molecule has 1 spiro atoms. The van der Waals surface area contributed by atoms with Gasteiger partial charge in [-0.25, -0.2) is 0 Å². The molecule has 0 bridgehead atoms. The van der Waals surface area contributed by atoms with Crippen LogP contribution in [0.5, 0.6) is 5.75 Å². The lowest BCUT2D eigenvalue weighted by Gasteiger charge is -2.50. The SMILES string of the molecule is COc1ccc2c3c([nH]c2c1)[C@@H](CO)N(C(=O)c1ccccn1)CC31CCN(C(=O)C2CCCC2)CC1. The highest BCUT2D eigenvalue weighted by atomic mass is 16.5. The number of benzene rings is 1. The van der Waals surface area contributed by atoms with Crippen molar-refractivity contribution < 1.29 is 19.4 Å². The minimum atomic E-state index is -0.508. The zero-order chi connectivity index (χ0) is 25.6. The molecule has 1 saturated heterocycles. The van der Waals surface area contributed by atoms with E-state index in [0.29, 0.717) is 31.2 Å². The minimum absolute atomic E-state index is 0.164. The number of fused-ring (bicyclic) bond motifs is 4. The number of carbonyl (C=O) groups excluding carboxylic acids is 2. The molecule has 1 saturated carbocycles. The van der Waals surface area contributed by atoms with Crippen LogP contribution in [0, 0.1) is 5.92 Å². The van der Waals surface area contributed by atoms with Crippen LogP contribution >= 0.6 is 0 Å². The molecule has 194 valence electrons. The second-order valence-electron chi connectivity index (χ2n) is 10.8. The maximum Gasteiger partial charge on any atom is 0.273 e. The Morgan fingerprint density at radius 2 is 1.95 bits per heavy atom. The number of likely N-dealkylation sites (tertiary alicyclic amines) is 1. The van der Waals surface area contributed by atoms with Crippen LogP contribution in [-0.4, -0.2) is 70.0 Å². The molecule has 1 aromatic carbocycles. The van der Waals surface area contributed by atoms with Gasteiger partial charge in [0, 0.05) is 59.8 Å². The molecule has 2 aliphatic heterocycles. The number of nitrogens with one attached hydrogen (secondary N) is 1. The highest BCUT2D eigenvalue weighted by Gasteiger charge is 2.49. The van der Waals surface area contributed by atoms with Crippen LogP contribution in [0.25, 0.3) is 10.9 Å². The lowest BCUT2D eigenvalue weighted by atomic mass is 9.68. The summed E-state index contributed by atoms with van der Waals surface area (Å²) in [6.45, 7) is 1.63. The first kappa shape index (κ1) is 24.0. The van der Waals surface area contributed by atoms with Crippen molar-refractivity contribution in [3.05, 3.63) is 59.5 Å². The Labute approximate surface area is 216 Å². The van der Waals surface area contributed by atoms with Gasteiger partial charge in [-0.3, -0.25) is 14.6 Å². The molecule has 3 aliphatic rings. The van der Waals surface area contributed by atoms with Crippen molar-refractivity contribution >= 4 is 22.7 Å². The summed E-state index contributed by atoms with van der Waals surface area (Å²) < 4.78 is 5.46. The van der Waals surface area contributed by atoms with Gasteiger partial charge in [-0.15, -0.1) is 0 Å². The first-order valence-corrected chi connectivity index (χ1v) is 13.4. The fourth-order valence-electron chi connectivity index (χ4n) is 6.85. The van der Waals surface area contributed by atoms with E-state index in [1.165, 1.54) is 5.56 Å². The number of aliphatic hydroxyl groups excluding tert-OH is 1. The topological polar surface area (TPSA) is 98.8 Å². The summed E-state index contributed by atoms with van der Waals surface area (Å²) in [4.78, 5) is 38.6. The van der Waals surface area contributed by atoms with E-state index < -0.39 is 6.04 Å². The Morgan fingerprint density at radius 1 is 1.16 bits per heavy atom. The Kier molecular flexibility index (Phi) is 6.15. The molecule has 0 radical (unpaired) electrons. The summed E-state index contributed by atoms with van der Waals surface area (Å²) in [6.07, 6.45) is 7.43. The minimum Gasteiger partial charge on any atom is -0.497 e. The van der Waals surface area contributed by atoms with Gasteiger partial charge >= 0.3 is 0 Å². The van der Waals surface area contributed by atoms with Gasteiger partial charge in [-0.2, -0.15) is 0 Å². The summed E-state index contributed by atoms with van der Waals surface area (Å²) in [7, 11) is 1.65. The largest absolute Gasteiger partial charge is 0.497 e. The number of aromatic nitrogens is 2. The molecule has 1 atom stereocenters. The number of aromatic amines is 1. The van der Waals surface area contributed by atoms with Crippen LogP contribution in [0.1, 0.15) is 66.3 Å². The van der Waals surface area contributed by atoms with Crippen molar-refractivity contribution in [3.63, 3.8) is 0 Å². The van der Waals surface area contributed by atoms with Gasteiger partial charge in [0.15, 0.2) is 0 Å². The van der Waals surface area contributed by atoms with Gasteiger partial charge in [0.1, 0.15) is 11.4 Å². The Bertz CT molecular complexity index is 1310. The van der Waals surface area contributed by atoms with Gasteiger partial charge in [-0.05, 0) is 55.5 Å². The zero-order valence-corrected chi connectivity index (χ0v) is 21.3. The molecule has 2 aromatic heterocycles. The van der Waals surface area contributed by atoms with E-state index in [4.69, 9.17) is 4.74 Å². The number of hydrogen-bond donors (Lipinski definition) is 2. The van der Waals surface area contributed by atoms with E-state index >= 15 is 0 Å². The number of H-pyrrole nitrogens is 1. The summed E-state index contributed by atoms with van der Waals surface area (Å²) in [5.74, 6) is 1.02. The van der Waals surface area contributed by atoms with Gasteiger partial charge in [0.25, 0.3) is 5.91 Å². The van der Waals surface area contributed by atoms with E-state index in [-0.39, 0.29) is 23.8 Å². The average Bonchev–Trinajstić information content (AvgIpc) is 3.62. The van der Waals surface area contributed by atoms with Crippen molar-refractivity contribution in [3.8, 4) is 5.75 Å². The number of piperidine rings is 1. The molecule has 8 nitrogen and oxygen atoms in total. The van der Waals surface area contributed by atoms with Crippen molar-refractivity contribution in [1.82, 2.24) is 19.8 Å². The number of amides is 2. The number of carbonyl (C=O) groups is 2. The highest BCUT2D eigenvalue weighted by Crippen LogP contribution is 2.49. The molecule has 0 unspecified atom stereocenters. The average molecular weight is 503 g/mol. The van der Waals surface area contributed by atoms with Gasteiger partial charge in [-0.1, -0.05) is 18.9 Å². The first-order valence-electron chi connectivity index (χ1n) is 13.4. The van der Waals surface area contributed by atoms with E-state index in [9.17, 15) is 14.7 Å². The molecule has 8 heteroatoms. The molecule has 2 fully saturated rings. The Morgan fingerprint density at radius 3 is 2.62 bits per heavy atom. The maximum atomic E-state index is 13.7. The predicted octanol–water partition coefficient (Wildman–Crippen LogP) is 3.81. The normalized spacial score (nSPS) is 21.4. The number of ether oxygens (including phenoxy) is 1. The molecule has 1 aliphatic carbocycles. The predicted molar refractivity (Wildman–Crippen MR) is 139 cm³/mol. The number of hydrogen-bond acceptors (Lipinski definition) is 5. The second kappa shape index (κ2) is 9.49. The summed E-state index contributed by atoms with van der Waals surface area (Å²) in [6, 6.07) is 10.8. The van der Waals surface area contributed by atoms with Crippen molar-refractivity contribution in [2.75, 3.05) is 33.4 Å². The van der Waals surface area contributed by atoms with Crippen molar-refractivity contribution in [2.24, 2.45) is 5.92 Å². The van der Waals surface area contributed by atoms with E-state index in [0.717, 1.165) is 60.9 Å². The lowest BCUT2D eigenvalue weighted by Crippen LogP contribution is -2.56. The molecule has 6 rings (SSSR count). The molecule has 4 heterocycles. The zero-order valence-electron chi connectivity index (χ0n) is 21.3. The Balaban J connectivity index is 1.41. The number of rotatable bonds is 4. The molecular weight excluding hydrogens is 468 g/mol. The van der Waals surface area contributed by atoms with Crippen LogP contribution in [0.2, 0.25) is 0 Å². The molecule has 2 amide bonds. The van der Waals surface area contributed by atoms with E-state index in [2.05, 4.69) is 16.0 Å². The van der Waals surface area contributed by atoms with E-state index in [1.807, 2.05) is 23.1 Å². The fourth-order valence-corrected chi connectivity index (χ4v) is 6.85. The lowest BCUT2D eigenvalue weighted by molar-refractivity contribution is -0.137. The Hall–Kier alpha value is -3.39. The summed E-state index contributed by atoms with van der Waals surface area (Å²) in [5, 5.41) is 11.6. The monoisotopic (exact) mass is 502 g/mol. The quantitative estimate of drug-likeness (QED) is 0.565. The van der Waals surface area contributed by atoms with Crippen LogP contribution in [0.3, 0.4) is 0 Å². The van der Waals surface area contributed by atoms with Crippen LogP contribution < -0.4 is 4.74 Å². The first-order chi connectivity index (χ1) is 18.0. The number of aliphatic hydroxyl groups is 1. The van der Waals surface area contributed by atoms with Crippen LogP contribution in [0.4, 0.5) is 0 Å². The standard InChI is InChI=1S/C29H34N4O4/c1-37-20-9-10-21-23(16-20)31-26-24(17-34)33(28(36)22-8-4-5-13-30-22)18-29(25(21)26)11-14-32(15-12-29)27(35)19-6-2-3-7-19/h4-5,8-10,13,16,19,24,31,34H,2-3,6-7,11-12,14-15,17-18H2,1H3/t24-/m1/s1. The summed E-state index contributed by atoms with van der Waals surface area (Å²) in [5.41, 5.74) is 3.01. The fraction of sp³-hybridized carbons (Fsp3) is 0.483. The molecular formula is C29H34N4O4. The third kappa shape index (κ3) is 3.98. The molecule has 3 aromatic rings. The molecule has 37 heavy (non-hydrogen) atoms. The van der Waals surface area contributed by atoms with E-state index in [1.54, 1.807) is 30.3 Å². The van der Waals surface area contributed by atoms with Gasteiger partial charge in [0.2, 0.25) is 5.91 Å². The third-order valence-corrected chi connectivity index (χ3v) is 8.80. The summed E-state index contributed by atoms with van der Waals surface area (Å²) >= 11 is 0. The third-order valence-electron chi connectivity index (χ3n) is 8.80. The van der Waals surface area contributed by atoms with Crippen LogP contribution in [0.15, 0.2) is 42.6 Å². The van der Waals surface area contributed by atoms with Crippen molar-refractivity contribution in [1.29, 1.82) is 0 Å². The van der Waals surface area contributed by atoms with Gasteiger partial charge in [0.05, 0.1) is 19.8 Å². The van der Waals surface area contributed by atoms with Crippen molar-refractivity contribution in [2.45, 2.75) is 50.0 Å². The second-order valence-corrected chi connectivity index (χ2v) is 10.8. The number of methoxy groups -OCH3 is 1. The maximum absolute atomic E-state index is 13.7. The molecule has 2 N–H and O–H groups in total.